The van der Waals surface area contributed by atoms with E-state index in [-0.39, 0.29) is 11.4 Å². The van der Waals surface area contributed by atoms with Crippen LogP contribution in [0, 0.1) is 0 Å². The van der Waals surface area contributed by atoms with E-state index in [0.717, 1.165) is 13.1 Å². The second-order valence-corrected chi connectivity index (χ2v) is 4.33. The number of aromatic hydroxyl groups is 1. The van der Waals surface area contributed by atoms with Crippen molar-refractivity contribution in [3.05, 3.63) is 12.1 Å². The molecule has 0 amide bonds. The van der Waals surface area contributed by atoms with Crippen LogP contribution in [-0.2, 0) is 0 Å². The van der Waals surface area contributed by atoms with Crippen molar-refractivity contribution in [2.24, 2.45) is 0 Å². The molecule has 0 radical (unpaired) electrons. The fourth-order valence-electron chi connectivity index (χ4n) is 1.76. The van der Waals surface area contributed by atoms with Crippen molar-refractivity contribution < 1.29 is 19.3 Å². The third-order valence-corrected chi connectivity index (χ3v) is 2.82. The number of phenolic OH excluding ortho intramolecular Hbond substituents is 1. The molecule has 1 fully saturated rings. The lowest BCUT2D eigenvalue weighted by atomic mass is 10.00. The third-order valence-electron chi connectivity index (χ3n) is 2.82. The lowest BCUT2D eigenvalue weighted by molar-refractivity contribution is 0.0344. The lowest BCUT2D eigenvalue weighted by Crippen LogP contribution is -2.61. The van der Waals surface area contributed by atoms with Gasteiger partial charge in [0.05, 0.1) is 14.2 Å². The molecule has 0 aromatic heterocycles. The number of rotatable bonds is 4. The average molecular weight is 239 g/mol. The van der Waals surface area contributed by atoms with Gasteiger partial charge in [0, 0.05) is 25.2 Å². The summed E-state index contributed by atoms with van der Waals surface area (Å²) in [6, 6.07) is 3.31. The molecule has 1 saturated heterocycles. The smallest absolute Gasteiger partial charge is 0.201 e. The number of nitrogens with one attached hydrogen (secondary N) is 1. The quantitative estimate of drug-likeness (QED) is 0.825. The van der Waals surface area contributed by atoms with Gasteiger partial charge < -0.3 is 24.6 Å². The van der Waals surface area contributed by atoms with Crippen LogP contribution in [0.25, 0.3) is 0 Å². The molecule has 2 rings (SSSR count). The van der Waals surface area contributed by atoms with Crippen LogP contribution in [0.1, 0.15) is 6.92 Å². The molecule has 1 aliphatic heterocycles. The van der Waals surface area contributed by atoms with Crippen molar-refractivity contribution in [3.8, 4) is 23.0 Å². The van der Waals surface area contributed by atoms with Gasteiger partial charge in [-0.15, -0.1) is 0 Å². The van der Waals surface area contributed by atoms with E-state index in [1.54, 1.807) is 12.1 Å². The third kappa shape index (κ3) is 2.24. The Labute approximate surface area is 100 Å². The number of hydrogen-bond acceptors (Lipinski definition) is 5. The second kappa shape index (κ2) is 4.33. The molecule has 1 aromatic carbocycles. The number of phenols is 1. The van der Waals surface area contributed by atoms with E-state index in [4.69, 9.17) is 14.2 Å². The van der Waals surface area contributed by atoms with E-state index >= 15 is 0 Å². The minimum absolute atomic E-state index is 0.0146. The lowest BCUT2D eigenvalue weighted by Gasteiger charge is -2.39. The Bertz CT molecular complexity index is 390. The fraction of sp³-hybridized carbons (Fsp3) is 0.500. The van der Waals surface area contributed by atoms with Crippen LogP contribution in [-0.4, -0.2) is 38.0 Å². The molecule has 5 heteroatoms. The Balaban J connectivity index is 2.27. The van der Waals surface area contributed by atoms with E-state index in [2.05, 4.69) is 5.32 Å². The largest absolute Gasteiger partial charge is 0.502 e. The highest BCUT2D eigenvalue weighted by Crippen LogP contribution is 2.40. The van der Waals surface area contributed by atoms with Crippen LogP contribution < -0.4 is 19.5 Å². The number of benzene rings is 1. The first-order valence-corrected chi connectivity index (χ1v) is 5.43. The summed E-state index contributed by atoms with van der Waals surface area (Å²) in [7, 11) is 2.98. The summed E-state index contributed by atoms with van der Waals surface area (Å²) in [6.07, 6.45) is 0. The van der Waals surface area contributed by atoms with Gasteiger partial charge in [0.15, 0.2) is 11.5 Å². The van der Waals surface area contributed by atoms with Crippen LogP contribution in [0.3, 0.4) is 0 Å². The van der Waals surface area contributed by atoms with Gasteiger partial charge in [0.1, 0.15) is 11.4 Å². The van der Waals surface area contributed by atoms with Gasteiger partial charge in [-0.1, -0.05) is 0 Å². The molecular formula is C12H17NO4. The number of ether oxygens (including phenoxy) is 3. The molecule has 0 atom stereocenters. The maximum atomic E-state index is 9.76. The fourth-order valence-corrected chi connectivity index (χ4v) is 1.76. The minimum Gasteiger partial charge on any atom is -0.502 e. The Morgan fingerprint density at radius 3 is 2.06 bits per heavy atom. The summed E-state index contributed by atoms with van der Waals surface area (Å²) in [6.45, 7) is 3.63. The van der Waals surface area contributed by atoms with Crippen molar-refractivity contribution >= 4 is 0 Å². The van der Waals surface area contributed by atoms with Gasteiger partial charge in [-0.2, -0.15) is 0 Å². The highest BCUT2D eigenvalue weighted by Gasteiger charge is 2.34. The molecule has 0 aliphatic carbocycles. The van der Waals surface area contributed by atoms with Crippen molar-refractivity contribution in [2.75, 3.05) is 27.3 Å². The Hall–Kier alpha value is -1.62. The van der Waals surface area contributed by atoms with Gasteiger partial charge >= 0.3 is 0 Å². The van der Waals surface area contributed by atoms with Crippen molar-refractivity contribution in [3.63, 3.8) is 0 Å². The molecule has 1 aromatic rings. The summed E-state index contributed by atoms with van der Waals surface area (Å²) in [4.78, 5) is 0. The van der Waals surface area contributed by atoms with E-state index in [1.165, 1.54) is 14.2 Å². The van der Waals surface area contributed by atoms with E-state index < -0.39 is 0 Å². The predicted octanol–water partition coefficient (Wildman–Crippen LogP) is 1.15. The summed E-state index contributed by atoms with van der Waals surface area (Å²) in [5.41, 5.74) is -0.201. The maximum absolute atomic E-state index is 9.76. The monoisotopic (exact) mass is 239 g/mol. The van der Waals surface area contributed by atoms with Crippen molar-refractivity contribution in [2.45, 2.75) is 12.5 Å². The average Bonchev–Trinajstić information content (AvgIpc) is 2.29. The van der Waals surface area contributed by atoms with Gasteiger partial charge in [-0.25, -0.2) is 0 Å². The summed E-state index contributed by atoms with van der Waals surface area (Å²) >= 11 is 0. The summed E-state index contributed by atoms with van der Waals surface area (Å²) in [5, 5.41) is 12.9. The Morgan fingerprint density at radius 2 is 1.71 bits per heavy atom. The van der Waals surface area contributed by atoms with Crippen molar-refractivity contribution in [1.82, 2.24) is 5.32 Å². The van der Waals surface area contributed by atoms with Gasteiger partial charge in [0.25, 0.3) is 0 Å². The molecule has 0 bridgehead atoms. The molecule has 1 heterocycles. The highest BCUT2D eigenvalue weighted by atomic mass is 16.5. The van der Waals surface area contributed by atoms with Crippen LogP contribution in [0.15, 0.2) is 12.1 Å². The summed E-state index contributed by atoms with van der Waals surface area (Å²) < 4.78 is 16.0. The molecule has 0 spiro atoms. The topological polar surface area (TPSA) is 60.0 Å². The number of hydrogen-bond donors (Lipinski definition) is 2. The molecular weight excluding hydrogens is 222 g/mol. The van der Waals surface area contributed by atoms with E-state index in [1.807, 2.05) is 6.92 Å². The first kappa shape index (κ1) is 11.9. The number of methoxy groups -OCH3 is 2. The zero-order chi connectivity index (χ0) is 12.5. The van der Waals surface area contributed by atoms with Gasteiger partial charge in [0.2, 0.25) is 5.75 Å². The molecule has 0 unspecified atom stereocenters. The van der Waals surface area contributed by atoms with Crippen LogP contribution in [0.5, 0.6) is 23.0 Å². The molecule has 94 valence electrons. The Kier molecular flexibility index (Phi) is 3.02. The maximum Gasteiger partial charge on any atom is 0.201 e. The standard InChI is InChI=1S/C12H17NO4/c1-12(6-13-7-12)17-8-4-9(15-2)11(14)10(5-8)16-3/h4-5,13-14H,6-7H2,1-3H3. The summed E-state index contributed by atoms with van der Waals surface area (Å²) in [5.74, 6) is 1.30. The second-order valence-electron chi connectivity index (χ2n) is 4.33. The van der Waals surface area contributed by atoms with Crippen LogP contribution >= 0.6 is 0 Å². The first-order valence-electron chi connectivity index (χ1n) is 5.43. The predicted molar refractivity (Wildman–Crippen MR) is 63.1 cm³/mol. The highest BCUT2D eigenvalue weighted by molar-refractivity contribution is 5.55. The molecule has 17 heavy (non-hydrogen) atoms. The normalized spacial score (nSPS) is 17.1. The molecule has 0 saturated carbocycles. The zero-order valence-electron chi connectivity index (χ0n) is 10.2. The molecule has 2 N–H and O–H groups in total. The zero-order valence-corrected chi connectivity index (χ0v) is 10.2. The minimum atomic E-state index is -0.201. The molecule has 1 aliphatic rings. The van der Waals surface area contributed by atoms with Gasteiger partial charge in [-0.3, -0.25) is 0 Å². The van der Waals surface area contributed by atoms with Crippen LogP contribution in [0.4, 0.5) is 0 Å². The van der Waals surface area contributed by atoms with E-state index in [9.17, 15) is 5.11 Å². The van der Waals surface area contributed by atoms with Crippen LogP contribution in [0.2, 0.25) is 0 Å². The van der Waals surface area contributed by atoms with Crippen molar-refractivity contribution in [1.29, 1.82) is 0 Å². The van der Waals surface area contributed by atoms with E-state index in [0.29, 0.717) is 17.2 Å². The SMILES string of the molecule is COc1cc(OC2(C)CNC2)cc(OC)c1O. The van der Waals surface area contributed by atoms with Gasteiger partial charge in [-0.05, 0) is 6.92 Å². The molecule has 5 nitrogen and oxygen atoms in total. The Morgan fingerprint density at radius 1 is 1.18 bits per heavy atom. The first-order chi connectivity index (χ1) is 8.08.